The Morgan fingerprint density at radius 2 is 1.43 bits per heavy atom. The molecule has 0 aromatic heterocycles. The summed E-state index contributed by atoms with van der Waals surface area (Å²) in [6.07, 6.45) is 4.38. The van der Waals surface area contributed by atoms with Gasteiger partial charge in [0.1, 0.15) is 0 Å². The zero-order chi connectivity index (χ0) is 16.1. The Morgan fingerprint density at radius 1 is 0.870 bits per heavy atom. The maximum atomic E-state index is 10.4. The molecule has 1 fully saturated rings. The van der Waals surface area contributed by atoms with Gasteiger partial charge in [-0.2, -0.15) is 0 Å². The first-order valence-corrected chi connectivity index (χ1v) is 8.59. The quantitative estimate of drug-likeness (QED) is 0.825. The number of piperidine rings is 1. The molecule has 0 aliphatic carbocycles. The topological polar surface area (TPSA) is 49.5 Å². The molecule has 0 bridgehead atoms. The van der Waals surface area contributed by atoms with Crippen molar-refractivity contribution in [3.63, 3.8) is 0 Å². The van der Waals surface area contributed by atoms with Gasteiger partial charge in [0.15, 0.2) is 0 Å². The molecular formula is C20H26N2O. The molecule has 1 aliphatic rings. The van der Waals surface area contributed by atoms with Crippen LogP contribution in [-0.4, -0.2) is 29.6 Å². The van der Waals surface area contributed by atoms with E-state index in [1.807, 2.05) is 36.4 Å². The van der Waals surface area contributed by atoms with Gasteiger partial charge in [-0.05, 0) is 61.2 Å². The SMILES string of the molecule is Nc1ccc(-c2ccc(C(O)CCN3CCCCC3)cc2)cc1. The van der Waals surface area contributed by atoms with Gasteiger partial charge in [-0.25, -0.2) is 0 Å². The third-order valence-corrected chi connectivity index (χ3v) is 4.71. The van der Waals surface area contributed by atoms with Crippen LogP contribution in [0.25, 0.3) is 11.1 Å². The Bertz CT molecular complexity index is 601. The minimum absolute atomic E-state index is 0.377. The summed E-state index contributed by atoms with van der Waals surface area (Å²) in [7, 11) is 0. The van der Waals surface area contributed by atoms with Crippen molar-refractivity contribution in [1.29, 1.82) is 0 Å². The third kappa shape index (κ3) is 4.34. The van der Waals surface area contributed by atoms with Gasteiger partial charge in [-0.15, -0.1) is 0 Å². The summed E-state index contributed by atoms with van der Waals surface area (Å²) in [6, 6.07) is 16.1. The van der Waals surface area contributed by atoms with Crippen molar-refractivity contribution < 1.29 is 5.11 Å². The first kappa shape index (κ1) is 16.0. The van der Waals surface area contributed by atoms with Crippen LogP contribution in [0.3, 0.4) is 0 Å². The van der Waals surface area contributed by atoms with E-state index in [-0.39, 0.29) is 6.10 Å². The van der Waals surface area contributed by atoms with E-state index in [2.05, 4.69) is 17.0 Å². The molecule has 0 saturated carbocycles. The molecule has 0 amide bonds. The number of benzene rings is 2. The van der Waals surface area contributed by atoms with Crippen molar-refractivity contribution in [2.75, 3.05) is 25.4 Å². The summed E-state index contributed by atoms with van der Waals surface area (Å²) in [6.45, 7) is 3.35. The summed E-state index contributed by atoms with van der Waals surface area (Å²) in [5.41, 5.74) is 9.80. The highest BCUT2D eigenvalue weighted by atomic mass is 16.3. The average Bonchev–Trinajstić information content (AvgIpc) is 2.61. The highest BCUT2D eigenvalue weighted by Gasteiger charge is 2.13. The van der Waals surface area contributed by atoms with Gasteiger partial charge in [0.25, 0.3) is 0 Å². The van der Waals surface area contributed by atoms with Crippen LogP contribution in [0.5, 0.6) is 0 Å². The Labute approximate surface area is 138 Å². The molecule has 1 aliphatic heterocycles. The van der Waals surface area contributed by atoms with E-state index < -0.39 is 0 Å². The standard InChI is InChI=1S/C20H26N2O/c21-19-10-8-17(9-11-19)16-4-6-18(7-5-16)20(23)12-15-22-13-2-1-3-14-22/h4-11,20,23H,1-3,12-15,21H2. The summed E-state index contributed by atoms with van der Waals surface area (Å²) in [5.74, 6) is 0. The second-order valence-electron chi connectivity index (χ2n) is 6.45. The van der Waals surface area contributed by atoms with Crippen LogP contribution >= 0.6 is 0 Å². The summed E-state index contributed by atoms with van der Waals surface area (Å²) in [4.78, 5) is 2.47. The highest BCUT2D eigenvalue weighted by molar-refractivity contribution is 5.65. The Balaban J connectivity index is 1.58. The molecule has 23 heavy (non-hydrogen) atoms. The molecule has 3 heteroatoms. The highest BCUT2D eigenvalue weighted by Crippen LogP contribution is 2.24. The molecule has 0 radical (unpaired) electrons. The van der Waals surface area contributed by atoms with E-state index in [1.165, 1.54) is 32.4 Å². The van der Waals surface area contributed by atoms with Gasteiger partial charge in [0, 0.05) is 12.2 Å². The number of rotatable bonds is 5. The van der Waals surface area contributed by atoms with Crippen LogP contribution in [0.4, 0.5) is 5.69 Å². The molecule has 1 unspecified atom stereocenters. The smallest absolute Gasteiger partial charge is 0.0802 e. The fourth-order valence-corrected chi connectivity index (χ4v) is 3.23. The lowest BCUT2D eigenvalue weighted by atomic mass is 10.00. The summed E-state index contributed by atoms with van der Waals surface area (Å²) < 4.78 is 0. The minimum atomic E-state index is -0.377. The van der Waals surface area contributed by atoms with E-state index in [0.29, 0.717) is 0 Å². The molecule has 1 heterocycles. The van der Waals surface area contributed by atoms with E-state index in [1.54, 1.807) is 0 Å². The van der Waals surface area contributed by atoms with Crippen molar-refractivity contribution in [3.05, 3.63) is 54.1 Å². The Hall–Kier alpha value is -1.84. The third-order valence-electron chi connectivity index (χ3n) is 4.71. The zero-order valence-electron chi connectivity index (χ0n) is 13.6. The fraction of sp³-hybridized carbons (Fsp3) is 0.400. The number of hydrogen-bond acceptors (Lipinski definition) is 3. The van der Waals surface area contributed by atoms with E-state index in [4.69, 9.17) is 5.73 Å². The van der Waals surface area contributed by atoms with Gasteiger partial charge in [-0.1, -0.05) is 42.8 Å². The molecule has 0 spiro atoms. The summed E-state index contributed by atoms with van der Waals surface area (Å²) >= 11 is 0. The predicted octanol–water partition coefficient (Wildman–Crippen LogP) is 3.85. The van der Waals surface area contributed by atoms with Gasteiger partial charge >= 0.3 is 0 Å². The fourth-order valence-electron chi connectivity index (χ4n) is 3.23. The largest absolute Gasteiger partial charge is 0.399 e. The molecule has 3 N–H and O–H groups in total. The van der Waals surface area contributed by atoms with Crippen molar-refractivity contribution in [3.8, 4) is 11.1 Å². The van der Waals surface area contributed by atoms with Crippen molar-refractivity contribution in [1.82, 2.24) is 4.90 Å². The minimum Gasteiger partial charge on any atom is -0.399 e. The predicted molar refractivity (Wildman–Crippen MR) is 96.2 cm³/mol. The van der Waals surface area contributed by atoms with E-state index >= 15 is 0 Å². The average molecular weight is 310 g/mol. The second-order valence-corrected chi connectivity index (χ2v) is 6.45. The molecule has 2 aromatic rings. The van der Waals surface area contributed by atoms with Crippen LogP contribution in [0.1, 0.15) is 37.4 Å². The molecule has 2 aromatic carbocycles. The lowest BCUT2D eigenvalue weighted by Gasteiger charge is -2.27. The van der Waals surface area contributed by atoms with Crippen LogP contribution < -0.4 is 5.73 Å². The number of nitrogens with two attached hydrogens (primary N) is 1. The molecular weight excluding hydrogens is 284 g/mol. The number of nitrogen functional groups attached to an aromatic ring is 1. The van der Waals surface area contributed by atoms with Gasteiger partial charge in [0.2, 0.25) is 0 Å². The second kappa shape index (κ2) is 7.62. The lowest BCUT2D eigenvalue weighted by molar-refractivity contribution is 0.134. The van der Waals surface area contributed by atoms with E-state index in [9.17, 15) is 5.11 Å². The number of nitrogens with zero attached hydrogens (tertiary/aromatic N) is 1. The molecule has 3 nitrogen and oxygen atoms in total. The van der Waals surface area contributed by atoms with Crippen LogP contribution in [-0.2, 0) is 0 Å². The van der Waals surface area contributed by atoms with Gasteiger partial charge in [-0.3, -0.25) is 0 Å². The first-order valence-electron chi connectivity index (χ1n) is 8.59. The molecule has 1 saturated heterocycles. The maximum Gasteiger partial charge on any atom is 0.0802 e. The van der Waals surface area contributed by atoms with Gasteiger partial charge < -0.3 is 15.7 Å². The lowest BCUT2D eigenvalue weighted by Crippen LogP contribution is -2.31. The molecule has 3 rings (SSSR count). The molecule has 122 valence electrons. The van der Waals surface area contributed by atoms with E-state index in [0.717, 1.165) is 35.3 Å². The summed E-state index contributed by atoms with van der Waals surface area (Å²) in [5, 5.41) is 10.4. The van der Waals surface area contributed by atoms with Crippen LogP contribution in [0.15, 0.2) is 48.5 Å². The van der Waals surface area contributed by atoms with Crippen molar-refractivity contribution in [2.45, 2.75) is 31.8 Å². The normalized spacial score (nSPS) is 17.1. The number of hydrogen-bond donors (Lipinski definition) is 2. The maximum absolute atomic E-state index is 10.4. The number of likely N-dealkylation sites (tertiary alicyclic amines) is 1. The first-order chi connectivity index (χ1) is 11.2. The van der Waals surface area contributed by atoms with Gasteiger partial charge in [0.05, 0.1) is 6.10 Å². The van der Waals surface area contributed by atoms with Crippen LogP contribution in [0, 0.1) is 0 Å². The zero-order valence-corrected chi connectivity index (χ0v) is 13.6. The number of aliphatic hydroxyl groups excluding tert-OH is 1. The van der Waals surface area contributed by atoms with Crippen LogP contribution in [0.2, 0.25) is 0 Å². The number of aliphatic hydroxyl groups is 1. The Morgan fingerprint density at radius 3 is 2.04 bits per heavy atom. The molecule has 1 atom stereocenters. The monoisotopic (exact) mass is 310 g/mol. The van der Waals surface area contributed by atoms with Crippen molar-refractivity contribution in [2.24, 2.45) is 0 Å². The van der Waals surface area contributed by atoms with Crippen molar-refractivity contribution >= 4 is 5.69 Å². The number of anilines is 1. The Kier molecular flexibility index (Phi) is 5.31.